The highest BCUT2D eigenvalue weighted by molar-refractivity contribution is 5.15. The van der Waals surface area contributed by atoms with E-state index in [4.69, 9.17) is 9.15 Å². The molecule has 1 aromatic heterocycles. The first kappa shape index (κ1) is 18.2. The molecule has 1 aliphatic heterocycles. The van der Waals surface area contributed by atoms with Crippen molar-refractivity contribution in [1.29, 1.82) is 0 Å². The van der Waals surface area contributed by atoms with Crippen molar-refractivity contribution < 1.29 is 9.15 Å². The highest BCUT2D eigenvalue weighted by atomic mass is 16.5. The summed E-state index contributed by atoms with van der Waals surface area (Å²) < 4.78 is 11.3. The summed E-state index contributed by atoms with van der Waals surface area (Å²) in [6, 6.07) is 14.9. The van der Waals surface area contributed by atoms with Crippen LogP contribution < -0.4 is 5.32 Å². The van der Waals surface area contributed by atoms with Crippen LogP contribution in [0.25, 0.3) is 0 Å². The van der Waals surface area contributed by atoms with Gasteiger partial charge in [-0.1, -0.05) is 30.3 Å². The molecule has 1 aromatic carbocycles. The van der Waals surface area contributed by atoms with E-state index in [0.29, 0.717) is 5.92 Å². The minimum absolute atomic E-state index is 0.0133. The SMILES string of the molecule is CC1(C)C[C@H]([C@H](CCNCc2ccco2)Cc2ccccc2)CCO1. The zero-order chi connectivity index (χ0) is 17.5. The molecule has 2 aromatic rings. The van der Waals surface area contributed by atoms with Crippen LogP contribution in [0.4, 0.5) is 0 Å². The van der Waals surface area contributed by atoms with E-state index in [1.165, 1.54) is 18.4 Å². The van der Waals surface area contributed by atoms with E-state index in [2.05, 4.69) is 49.5 Å². The van der Waals surface area contributed by atoms with Gasteiger partial charge in [0.05, 0.1) is 18.4 Å². The predicted molar refractivity (Wildman–Crippen MR) is 101 cm³/mol. The Balaban J connectivity index is 1.57. The lowest BCUT2D eigenvalue weighted by Gasteiger charge is -2.39. The van der Waals surface area contributed by atoms with Crippen molar-refractivity contribution in [1.82, 2.24) is 5.32 Å². The fourth-order valence-electron chi connectivity index (χ4n) is 4.01. The van der Waals surface area contributed by atoms with Crippen LogP contribution in [0.2, 0.25) is 0 Å². The molecule has 3 nitrogen and oxygen atoms in total. The maximum absolute atomic E-state index is 5.94. The van der Waals surface area contributed by atoms with E-state index in [0.717, 1.165) is 44.2 Å². The second kappa shape index (κ2) is 8.68. The van der Waals surface area contributed by atoms with Gasteiger partial charge in [0.25, 0.3) is 0 Å². The van der Waals surface area contributed by atoms with Crippen molar-refractivity contribution in [2.45, 2.75) is 51.7 Å². The maximum atomic E-state index is 5.94. The normalized spacial score (nSPS) is 21.1. The van der Waals surface area contributed by atoms with Crippen LogP contribution in [0.15, 0.2) is 53.1 Å². The quantitative estimate of drug-likeness (QED) is 0.699. The van der Waals surface area contributed by atoms with Crippen LogP contribution in [0.5, 0.6) is 0 Å². The van der Waals surface area contributed by atoms with E-state index in [1.54, 1.807) is 6.26 Å². The molecule has 25 heavy (non-hydrogen) atoms. The van der Waals surface area contributed by atoms with Gasteiger partial charge in [0.2, 0.25) is 0 Å². The molecule has 1 aliphatic rings. The number of hydrogen-bond acceptors (Lipinski definition) is 3. The van der Waals surface area contributed by atoms with Gasteiger partial charge in [0.15, 0.2) is 0 Å². The molecule has 3 heteroatoms. The summed E-state index contributed by atoms with van der Waals surface area (Å²) >= 11 is 0. The van der Waals surface area contributed by atoms with Crippen molar-refractivity contribution >= 4 is 0 Å². The molecule has 3 rings (SSSR count). The Morgan fingerprint density at radius 2 is 2.00 bits per heavy atom. The zero-order valence-corrected chi connectivity index (χ0v) is 15.5. The predicted octanol–water partition coefficient (Wildman–Crippen LogP) is 4.82. The van der Waals surface area contributed by atoms with Gasteiger partial charge >= 0.3 is 0 Å². The Kier molecular flexibility index (Phi) is 6.33. The van der Waals surface area contributed by atoms with E-state index >= 15 is 0 Å². The third-order valence-electron chi connectivity index (χ3n) is 5.31. The summed E-state index contributed by atoms with van der Waals surface area (Å²) in [4.78, 5) is 0. The Hall–Kier alpha value is -1.58. The van der Waals surface area contributed by atoms with E-state index in [-0.39, 0.29) is 5.60 Å². The van der Waals surface area contributed by atoms with Gasteiger partial charge in [-0.05, 0) is 75.6 Å². The third-order valence-corrected chi connectivity index (χ3v) is 5.31. The van der Waals surface area contributed by atoms with E-state index in [1.807, 2.05) is 12.1 Å². The largest absolute Gasteiger partial charge is 0.468 e. The van der Waals surface area contributed by atoms with Crippen LogP contribution in [0.1, 0.15) is 44.4 Å². The molecule has 0 amide bonds. The van der Waals surface area contributed by atoms with Crippen LogP contribution >= 0.6 is 0 Å². The molecule has 0 bridgehead atoms. The second-order valence-corrected chi connectivity index (χ2v) is 7.86. The van der Waals surface area contributed by atoms with E-state index < -0.39 is 0 Å². The molecule has 0 saturated carbocycles. The number of ether oxygens (including phenoxy) is 1. The highest BCUT2D eigenvalue weighted by Crippen LogP contribution is 2.36. The molecule has 0 aliphatic carbocycles. The number of benzene rings is 1. The maximum Gasteiger partial charge on any atom is 0.117 e. The molecular formula is C22H31NO2. The van der Waals surface area contributed by atoms with Crippen molar-refractivity contribution in [3.8, 4) is 0 Å². The lowest BCUT2D eigenvalue weighted by atomic mass is 9.76. The van der Waals surface area contributed by atoms with Gasteiger partial charge in [-0.3, -0.25) is 0 Å². The number of nitrogens with one attached hydrogen (secondary N) is 1. The van der Waals surface area contributed by atoms with Gasteiger partial charge in [-0.2, -0.15) is 0 Å². The Morgan fingerprint density at radius 3 is 2.72 bits per heavy atom. The van der Waals surface area contributed by atoms with Crippen LogP contribution in [0, 0.1) is 11.8 Å². The third kappa shape index (κ3) is 5.72. The fraction of sp³-hybridized carbons (Fsp3) is 0.545. The summed E-state index contributed by atoms with van der Waals surface area (Å²) in [5.74, 6) is 2.43. The lowest BCUT2D eigenvalue weighted by Crippen LogP contribution is -2.38. The number of rotatable bonds is 8. The van der Waals surface area contributed by atoms with Gasteiger partial charge in [0.1, 0.15) is 5.76 Å². The molecule has 0 unspecified atom stereocenters. The number of hydrogen-bond donors (Lipinski definition) is 1. The first-order valence-corrected chi connectivity index (χ1v) is 9.53. The van der Waals surface area contributed by atoms with Crippen molar-refractivity contribution in [2.75, 3.05) is 13.2 Å². The molecule has 0 spiro atoms. The van der Waals surface area contributed by atoms with Gasteiger partial charge in [-0.25, -0.2) is 0 Å². The average Bonchev–Trinajstić information content (AvgIpc) is 3.11. The molecule has 1 fully saturated rings. The fourth-order valence-corrected chi connectivity index (χ4v) is 4.01. The smallest absolute Gasteiger partial charge is 0.117 e. The first-order valence-electron chi connectivity index (χ1n) is 9.53. The first-order chi connectivity index (χ1) is 12.1. The topological polar surface area (TPSA) is 34.4 Å². The summed E-state index contributed by atoms with van der Waals surface area (Å²) in [6.45, 7) is 7.19. The Labute approximate surface area is 151 Å². The van der Waals surface area contributed by atoms with E-state index in [9.17, 15) is 0 Å². The Morgan fingerprint density at radius 1 is 1.16 bits per heavy atom. The zero-order valence-electron chi connectivity index (χ0n) is 15.5. The summed E-state index contributed by atoms with van der Waals surface area (Å²) in [6.07, 6.45) is 6.42. The Bertz CT molecular complexity index is 606. The molecular weight excluding hydrogens is 310 g/mol. The van der Waals surface area contributed by atoms with Gasteiger partial charge in [-0.15, -0.1) is 0 Å². The summed E-state index contributed by atoms with van der Waals surface area (Å²) in [5, 5.41) is 3.54. The van der Waals surface area contributed by atoms with Crippen molar-refractivity contribution in [3.05, 3.63) is 60.1 Å². The van der Waals surface area contributed by atoms with Crippen molar-refractivity contribution in [2.24, 2.45) is 11.8 Å². The van der Waals surface area contributed by atoms with Crippen LogP contribution in [0.3, 0.4) is 0 Å². The molecule has 0 radical (unpaired) electrons. The minimum Gasteiger partial charge on any atom is -0.468 e. The standard InChI is InChI=1S/C22H31NO2/c1-22(2)16-20(11-14-25-22)19(15-18-7-4-3-5-8-18)10-12-23-17-21-9-6-13-24-21/h3-9,13,19-20,23H,10-12,14-17H2,1-2H3/t19-,20-/m1/s1. The second-order valence-electron chi connectivity index (χ2n) is 7.86. The lowest BCUT2D eigenvalue weighted by molar-refractivity contribution is -0.0830. The van der Waals surface area contributed by atoms with Gasteiger partial charge < -0.3 is 14.5 Å². The molecule has 2 heterocycles. The monoisotopic (exact) mass is 341 g/mol. The molecule has 1 N–H and O–H groups in total. The average molecular weight is 341 g/mol. The number of furan rings is 1. The van der Waals surface area contributed by atoms with Gasteiger partial charge in [0, 0.05) is 6.61 Å². The minimum atomic E-state index is 0.0133. The van der Waals surface area contributed by atoms with Crippen LogP contribution in [-0.2, 0) is 17.7 Å². The summed E-state index contributed by atoms with van der Waals surface area (Å²) in [7, 11) is 0. The van der Waals surface area contributed by atoms with Crippen LogP contribution in [-0.4, -0.2) is 18.8 Å². The molecule has 136 valence electrons. The highest BCUT2D eigenvalue weighted by Gasteiger charge is 2.33. The molecule has 2 atom stereocenters. The van der Waals surface area contributed by atoms with Crippen molar-refractivity contribution in [3.63, 3.8) is 0 Å². The summed E-state index contributed by atoms with van der Waals surface area (Å²) in [5.41, 5.74) is 1.46. The molecule has 1 saturated heterocycles.